The third-order valence-corrected chi connectivity index (χ3v) is 5.70. The second kappa shape index (κ2) is 5.28. The first-order chi connectivity index (χ1) is 10.3. The van der Waals surface area contributed by atoms with Gasteiger partial charge in [-0.25, -0.2) is 0 Å². The first-order valence-corrected chi connectivity index (χ1v) is 8.52. The van der Waals surface area contributed by atoms with E-state index in [1.54, 1.807) is 11.3 Å². The normalized spacial score (nSPS) is 16.8. The monoisotopic (exact) mass is 293 g/mol. The Morgan fingerprint density at radius 3 is 2.48 bits per heavy atom. The van der Waals surface area contributed by atoms with Crippen LogP contribution in [0, 0.1) is 0 Å². The molecule has 1 nitrogen and oxygen atoms in total. The van der Waals surface area contributed by atoms with Crippen LogP contribution < -0.4 is 5.73 Å². The van der Waals surface area contributed by atoms with Crippen LogP contribution in [0.1, 0.15) is 47.9 Å². The van der Waals surface area contributed by atoms with Gasteiger partial charge in [0, 0.05) is 4.70 Å². The van der Waals surface area contributed by atoms with E-state index < -0.39 is 0 Å². The summed E-state index contributed by atoms with van der Waals surface area (Å²) in [6.45, 7) is 0. The van der Waals surface area contributed by atoms with Gasteiger partial charge in [0.2, 0.25) is 0 Å². The van der Waals surface area contributed by atoms with Crippen molar-refractivity contribution >= 4 is 21.4 Å². The first kappa shape index (κ1) is 13.1. The van der Waals surface area contributed by atoms with Gasteiger partial charge in [0.15, 0.2) is 0 Å². The molecule has 1 atom stereocenters. The number of hydrogen-bond acceptors (Lipinski definition) is 2. The van der Waals surface area contributed by atoms with Crippen molar-refractivity contribution in [3.8, 4) is 0 Å². The molecule has 21 heavy (non-hydrogen) atoms. The molecule has 1 heterocycles. The molecule has 0 radical (unpaired) electrons. The average Bonchev–Trinajstić information content (AvgIpc) is 2.89. The Morgan fingerprint density at radius 1 is 1.00 bits per heavy atom. The summed E-state index contributed by atoms with van der Waals surface area (Å²) in [7, 11) is 0. The standard InChI is InChI=1S/C19H19NS/c20-19(17-12-21-18-7-2-1-6-16(17)18)15-10-8-14(9-11-15)13-4-3-5-13/h1-2,6-13,19H,3-5,20H2. The lowest BCUT2D eigenvalue weighted by Gasteiger charge is -2.26. The summed E-state index contributed by atoms with van der Waals surface area (Å²) >= 11 is 1.78. The molecule has 1 saturated carbocycles. The molecule has 1 unspecified atom stereocenters. The van der Waals surface area contributed by atoms with Crippen LogP contribution in [0.5, 0.6) is 0 Å². The highest BCUT2D eigenvalue weighted by molar-refractivity contribution is 7.17. The number of fused-ring (bicyclic) bond motifs is 1. The van der Waals surface area contributed by atoms with E-state index in [2.05, 4.69) is 53.9 Å². The third-order valence-electron chi connectivity index (χ3n) is 4.72. The van der Waals surface area contributed by atoms with Crippen molar-refractivity contribution in [2.75, 3.05) is 0 Å². The van der Waals surface area contributed by atoms with Crippen molar-refractivity contribution in [2.45, 2.75) is 31.2 Å². The maximum absolute atomic E-state index is 6.51. The number of thiophene rings is 1. The van der Waals surface area contributed by atoms with Crippen LogP contribution in [-0.4, -0.2) is 0 Å². The van der Waals surface area contributed by atoms with E-state index in [9.17, 15) is 0 Å². The molecule has 1 aliphatic rings. The summed E-state index contributed by atoms with van der Waals surface area (Å²) < 4.78 is 1.31. The lowest BCUT2D eigenvalue weighted by Crippen LogP contribution is -2.12. The number of hydrogen-bond donors (Lipinski definition) is 1. The molecular weight excluding hydrogens is 274 g/mol. The lowest BCUT2D eigenvalue weighted by molar-refractivity contribution is 0.419. The zero-order chi connectivity index (χ0) is 14.2. The molecule has 0 saturated heterocycles. The molecular formula is C19H19NS. The van der Waals surface area contributed by atoms with Gasteiger partial charge in [-0.2, -0.15) is 0 Å². The van der Waals surface area contributed by atoms with E-state index in [1.165, 1.54) is 46.0 Å². The molecule has 2 aromatic carbocycles. The summed E-state index contributed by atoms with van der Waals surface area (Å²) in [6.07, 6.45) is 4.08. The van der Waals surface area contributed by atoms with Crippen LogP contribution in [0.2, 0.25) is 0 Å². The second-order valence-corrected chi connectivity index (χ2v) is 6.87. The van der Waals surface area contributed by atoms with Crippen molar-refractivity contribution in [3.05, 3.63) is 70.6 Å². The molecule has 1 aromatic heterocycles. The molecule has 4 rings (SSSR count). The van der Waals surface area contributed by atoms with Crippen molar-refractivity contribution in [1.29, 1.82) is 0 Å². The quantitative estimate of drug-likeness (QED) is 0.704. The van der Waals surface area contributed by atoms with Gasteiger partial charge in [0.05, 0.1) is 6.04 Å². The van der Waals surface area contributed by atoms with Crippen LogP contribution in [0.15, 0.2) is 53.9 Å². The maximum atomic E-state index is 6.51. The fourth-order valence-electron chi connectivity index (χ4n) is 3.14. The van der Waals surface area contributed by atoms with Gasteiger partial charge in [0.1, 0.15) is 0 Å². The minimum absolute atomic E-state index is 0.0309. The van der Waals surface area contributed by atoms with Crippen LogP contribution in [0.25, 0.3) is 10.1 Å². The van der Waals surface area contributed by atoms with E-state index in [1.807, 2.05) is 0 Å². The van der Waals surface area contributed by atoms with Gasteiger partial charge in [-0.15, -0.1) is 11.3 Å². The highest BCUT2D eigenvalue weighted by Gasteiger charge is 2.20. The van der Waals surface area contributed by atoms with Crippen LogP contribution >= 0.6 is 11.3 Å². The van der Waals surface area contributed by atoms with Gasteiger partial charge >= 0.3 is 0 Å². The number of nitrogens with two attached hydrogens (primary N) is 1. The SMILES string of the molecule is NC(c1ccc(C2CCC2)cc1)c1csc2ccccc12. The van der Waals surface area contributed by atoms with Gasteiger partial charge in [0.25, 0.3) is 0 Å². The fraction of sp³-hybridized carbons (Fsp3) is 0.263. The largest absolute Gasteiger partial charge is 0.320 e. The molecule has 3 aromatic rings. The van der Waals surface area contributed by atoms with E-state index in [4.69, 9.17) is 5.73 Å². The minimum atomic E-state index is -0.0309. The van der Waals surface area contributed by atoms with Crippen LogP contribution in [0.4, 0.5) is 0 Å². The highest BCUT2D eigenvalue weighted by Crippen LogP contribution is 2.37. The average molecular weight is 293 g/mol. The molecule has 0 bridgehead atoms. The Balaban J connectivity index is 1.65. The van der Waals surface area contributed by atoms with Gasteiger partial charge in [-0.05, 0) is 52.3 Å². The van der Waals surface area contributed by atoms with Crippen molar-refractivity contribution in [1.82, 2.24) is 0 Å². The summed E-state index contributed by atoms with van der Waals surface area (Å²) in [5.41, 5.74) is 10.4. The zero-order valence-corrected chi connectivity index (χ0v) is 12.8. The summed E-state index contributed by atoms with van der Waals surface area (Å²) in [6, 6.07) is 17.4. The molecule has 2 heteroatoms. The Kier molecular flexibility index (Phi) is 3.28. The summed E-state index contributed by atoms with van der Waals surface area (Å²) in [4.78, 5) is 0. The van der Waals surface area contributed by atoms with Gasteiger partial charge in [-0.3, -0.25) is 0 Å². The smallest absolute Gasteiger partial charge is 0.0566 e. The molecule has 0 spiro atoms. The molecule has 1 aliphatic carbocycles. The van der Waals surface area contributed by atoms with Crippen molar-refractivity contribution < 1.29 is 0 Å². The van der Waals surface area contributed by atoms with Crippen LogP contribution in [0.3, 0.4) is 0 Å². The Labute approximate surface area is 129 Å². The van der Waals surface area contributed by atoms with E-state index in [0.29, 0.717) is 0 Å². The fourth-order valence-corrected chi connectivity index (χ4v) is 4.13. The van der Waals surface area contributed by atoms with Gasteiger partial charge < -0.3 is 5.73 Å². The Morgan fingerprint density at radius 2 is 1.76 bits per heavy atom. The predicted octanol–water partition coefficient (Wildman–Crippen LogP) is 5.22. The number of benzene rings is 2. The molecule has 0 aliphatic heterocycles. The highest BCUT2D eigenvalue weighted by atomic mass is 32.1. The number of rotatable bonds is 3. The van der Waals surface area contributed by atoms with E-state index >= 15 is 0 Å². The summed E-state index contributed by atoms with van der Waals surface area (Å²) in [5.74, 6) is 0.789. The zero-order valence-electron chi connectivity index (χ0n) is 12.0. The maximum Gasteiger partial charge on any atom is 0.0566 e. The Hall–Kier alpha value is -1.64. The van der Waals surface area contributed by atoms with Gasteiger partial charge in [-0.1, -0.05) is 48.9 Å². The van der Waals surface area contributed by atoms with Crippen molar-refractivity contribution in [2.24, 2.45) is 5.73 Å². The lowest BCUT2D eigenvalue weighted by atomic mass is 9.79. The topological polar surface area (TPSA) is 26.0 Å². The second-order valence-electron chi connectivity index (χ2n) is 5.96. The van der Waals surface area contributed by atoms with Crippen LogP contribution in [-0.2, 0) is 0 Å². The Bertz CT molecular complexity index is 753. The third kappa shape index (κ3) is 2.29. The predicted molar refractivity (Wildman–Crippen MR) is 90.9 cm³/mol. The molecule has 1 fully saturated rings. The molecule has 2 N–H and O–H groups in total. The minimum Gasteiger partial charge on any atom is -0.320 e. The van der Waals surface area contributed by atoms with E-state index in [0.717, 1.165) is 5.92 Å². The molecule has 0 amide bonds. The first-order valence-electron chi connectivity index (χ1n) is 7.64. The van der Waals surface area contributed by atoms with E-state index in [-0.39, 0.29) is 6.04 Å². The summed E-state index contributed by atoms with van der Waals surface area (Å²) in [5, 5.41) is 3.49. The van der Waals surface area contributed by atoms with Crippen molar-refractivity contribution in [3.63, 3.8) is 0 Å². The molecule has 106 valence electrons.